The first kappa shape index (κ1) is 18.4. The number of nitrogens with zero attached hydrogens (tertiary/aromatic N) is 2. The number of aromatic carboxylic acids is 1. The van der Waals surface area contributed by atoms with Gasteiger partial charge in [0.05, 0.1) is 10.5 Å². The standard InChI is InChI=1S/C16H17ClN2O4S/c1-10-14(16(20)21)8-13(17)9-15(10)24(22,23)19(3)11(2)12-4-6-18-7-5-12/h4-9,11H,1-3H3,(H,20,21)/t11-/m0/s1. The minimum Gasteiger partial charge on any atom is -0.478 e. The van der Waals surface area contributed by atoms with Gasteiger partial charge in [-0.1, -0.05) is 11.6 Å². The lowest BCUT2D eigenvalue weighted by Crippen LogP contribution is -2.30. The van der Waals surface area contributed by atoms with E-state index in [-0.39, 0.29) is 21.0 Å². The molecule has 8 heteroatoms. The fraction of sp³-hybridized carbons (Fsp3) is 0.250. The first-order valence-corrected chi connectivity index (χ1v) is 8.89. The Hall–Kier alpha value is -1.96. The van der Waals surface area contributed by atoms with Gasteiger partial charge >= 0.3 is 5.97 Å². The molecule has 0 aliphatic rings. The van der Waals surface area contributed by atoms with Crippen LogP contribution in [-0.2, 0) is 10.0 Å². The molecule has 0 radical (unpaired) electrons. The lowest BCUT2D eigenvalue weighted by molar-refractivity contribution is 0.0696. The number of hydrogen-bond donors (Lipinski definition) is 1. The van der Waals surface area contributed by atoms with Crippen molar-refractivity contribution in [3.63, 3.8) is 0 Å². The lowest BCUT2D eigenvalue weighted by Gasteiger charge is -2.25. The van der Waals surface area contributed by atoms with E-state index in [0.29, 0.717) is 0 Å². The largest absolute Gasteiger partial charge is 0.478 e. The molecule has 6 nitrogen and oxygen atoms in total. The van der Waals surface area contributed by atoms with Gasteiger partial charge in [-0.25, -0.2) is 13.2 Å². The first-order chi connectivity index (χ1) is 11.2. The molecule has 0 unspecified atom stereocenters. The topological polar surface area (TPSA) is 87.6 Å². The zero-order chi connectivity index (χ0) is 18.1. The summed E-state index contributed by atoms with van der Waals surface area (Å²) >= 11 is 5.92. The number of benzene rings is 1. The molecule has 1 aromatic carbocycles. The Balaban J connectivity index is 2.53. The van der Waals surface area contributed by atoms with Crippen LogP contribution in [0.1, 0.15) is 34.5 Å². The van der Waals surface area contributed by atoms with Crippen LogP contribution in [-0.4, -0.2) is 35.8 Å². The van der Waals surface area contributed by atoms with Crippen molar-refractivity contribution in [2.75, 3.05) is 7.05 Å². The molecule has 2 aromatic rings. The summed E-state index contributed by atoms with van der Waals surface area (Å²) in [6, 6.07) is 5.51. The van der Waals surface area contributed by atoms with E-state index in [9.17, 15) is 18.3 Å². The highest BCUT2D eigenvalue weighted by molar-refractivity contribution is 7.89. The van der Waals surface area contributed by atoms with Crippen LogP contribution in [0.2, 0.25) is 5.02 Å². The van der Waals surface area contributed by atoms with Crippen molar-refractivity contribution in [2.45, 2.75) is 24.8 Å². The fourth-order valence-electron chi connectivity index (χ4n) is 2.36. The van der Waals surface area contributed by atoms with Gasteiger partial charge in [0.25, 0.3) is 0 Å². The van der Waals surface area contributed by atoms with E-state index >= 15 is 0 Å². The van der Waals surface area contributed by atoms with Crippen molar-refractivity contribution in [1.29, 1.82) is 0 Å². The summed E-state index contributed by atoms with van der Waals surface area (Å²) in [4.78, 5) is 15.1. The maximum absolute atomic E-state index is 13.0. The number of aromatic nitrogens is 1. The van der Waals surface area contributed by atoms with Crippen molar-refractivity contribution in [1.82, 2.24) is 9.29 Å². The Morgan fingerprint density at radius 1 is 1.29 bits per heavy atom. The number of carbonyl (C=O) groups is 1. The minimum atomic E-state index is -3.93. The van der Waals surface area contributed by atoms with Crippen LogP contribution in [0.4, 0.5) is 0 Å². The molecule has 1 atom stereocenters. The number of carboxylic acids is 1. The summed E-state index contributed by atoms with van der Waals surface area (Å²) < 4.78 is 27.1. The second-order valence-corrected chi connectivity index (χ2v) is 7.76. The number of halogens is 1. The quantitative estimate of drug-likeness (QED) is 0.876. The van der Waals surface area contributed by atoms with E-state index in [2.05, 4.69) is 4.98 Å². The number of carboxylic acid groups (broad SMARTS) is 1. The highest BCUT2D eigenvalue weighted by atomic mass is 35.5. The van der Waals surface area contributed by atoms with Crippen molar-refractivity contribution >= 4 is 27.6 Å². The third-order valence-electron chi connectivity index (χ3n) is 3.95. The SMILES string of the molecule is Cc1c(C(=O)O)cc(Cl)cc1S(=O)(=O)N(C)[C@@H](C)c1ccncc1. The molecule has 1 aromatic heterocycles. The average molecular weight is 369 g/mol. The van der Waals surface area contributed by atoms with Crippen LogP contribution < -0.4 is 0 Å². The third-order valence-corrected chi connectivity index (χ3v) is 6.22. The van der Waals surface area contributed by atoms with E-state index in [4.69, 9.17) is 11.6 Å². The monoisotopic (exact) mass is 368 g/mol. The van der Waals surface area contributed by atoms with Gasteiger partial charge in [0.2, 0.25) is 10.0 Å². The Morgan fingerprint density at radius 2 is 1.88 bits per heavy atom. The van der Waals surface area contributed by atoms with Crippen LogP contribution in [0.5, 0.6) is 0 Å². The second-order valence-electron chi connectivity index (χ2n) is 5.36. The van der Waals surface area contributed by atoms with E-state index in [0.717, 1.165) is 5.56 Å². The molecule has 0 saturated heterocycles. The predicted molar refractivity (Wildman–Crippen MR) is 90.7 cm³/mol. The van der Waals surface area contributed by atoms with Gasteiger partial charge in [0.1, 0.15) is 0 Å². The van der Waals surface area contributed by atoms with Crippen LogP contribution in [0.25, 0.3) is 0 Å². The number of hydrogen-bond acceptors (Lipinski definition) is 4. The highest BCUT2D eigenvalue weighted by Gasteiger charge is 2.29. The molecule has 2 rings (SSSR count). The zero-order valence-corrected chi connectivity index (χ0v) is 15.0. The molecule has 0 aliphatic carbocycles. The molecule has 0 aliphatic heterocycles. The molecule has 1 N–H and O–H groups in total. The number of pyridine rings is 1. The van der Waals surface area contributed by atoms with Crippen LogP contribution in [0.3, 0.4) is 0 Å². The molecule has 24 heavy (non-hydrogen) atoms. The van der Waals surface area contributed by atoms with E-state index in [1.54, 1.807) is 31.5 Å². The molecular formula is C16H17ClN2O4S. The summed E-state index contributed by atoms with van der Waals surface area (Å²) in [6.07, 6.45) is 3.17. The Labute approximate surface area is 145 Å². The molecular weight excluding hydrogens is 352 g/mol. The zero-order valence-electron chi connectivity index (χ0n) is 13.4. The van der Waals surface area contributed by atoms with E-state index < -0.39 is 22.0 Å². The molecule has 0 saturated carbocycles. The third kappa shape index (κ3) is 3.43. The summed E-state index contributed by atoms with van der Waals surface area (Å²) in [5.74, 6) is -1.23. The highest BCUT2D eigenvalue weighted by Crippen LogP contribution is 2.30. The van der Waals surface area contributed by atoms with Crippen LogP contribution in [0, 0.1) is 6.92 Å². The summed E-state index contributed by atoms with van der Waals surface area (Å²) in [5.41, 5.74) is 0.793. The van der Waals surface area contributed by atoms with Crippen LogP contribution >= 0.6 is 11.6 Å². The maximum atomic E-state index is 13.0. The molecule has 128 valence electrons. The van der Waals surface area contributed by atoms with E-state index in [1.165, 1.54) is 30.4 Å². The van der Waals surface area contributed by atoms with Gasteiger partial charge < -0.3 is 5.11 Å². The number of rotatable bonds is 5. The van der Waals surface area contributed by atoms with Crippen molar-refractivity contribution in [2.24, 2.45) is 0 Å². The summed E-state index contributed by atoms with van der Waals surface area (Å²) in [7, 11) is -2.48. The van der Waals surface area contributed by atoms with Gasteiger partial charge in [-0.05, 0) is 49.2 Å². The Bertz CT molecular complexity index is 869. The summed E-state index contributed by atoms with van der Waals surface area (Å²) in [6.45, 7) is 3.20. The van der Waals surface area contributed by atoms with Crippen molar-refractivity contribution in [3.05, 3.63) is 58.4 Å². The van der Waals surface area contributed by atoms with Gasteiger partial charge in [-0.2, -0.15) is 4.31 Å². The number of sulfonamides is 1. The normalized spacial score (nSPS) is 13.0. The van der Waals surface area contributed by atoms with Crippen molar-refractivity contribution in [3.8, 4) is 0 Å². The molecule has 0 fully saturated rings. The second kappa shape index (κ2) is 6.88. The Kier molecular flexibility index (Phi) is 5.27. The smallest absolute Gasteiger partial charge is 0.336 e. The van der Waals surface area contributed by atoms with Gasteiger partial charge in [-0.3, -0.25) is 4.98 Å². The van der Waals surface area contributed by atoms with Gasteiger partial charge in [0, 0.05) is 30.5 Å². The molecule has 0 amide bonds. The molecule has 0 spiro atoms. The van der Waals surface area contributed by atoms with Gasteiger partial charge in [0.15, 0.2) is 0 Å². The molecule has 0 bridgehead atoms. The summed E-state index contributed by atoms with van der Waals surface area (Å²) in [5, 5.41) is 9.29. The van der Waals surface area contributed by atoms with Crippen molar-refractivity contribution < 1.29 is 18.3 Å². The van der Waals surface area contributed by atoms with E-state index in [1.807, 2.05) is 0 Å². The first-order valence-electron chi connectivity index (χ1n) is 7.07. The maximum Gasteiger partial charge on any atom is 0.336 e. The lowest BCUT2D eigenvalue weighted by atomic mass is 10.1. The fourth-order valence-corrected chi connectivity index (χ4v) is 4.26. The van der Waals surface area contributed by atoms with Gasteiger partial charge in [-0.15, -0.1) is 0 Å². The average Bonchev–Trinajstić information content (AvgIpc) is 2.55. The van der Waals surface area contributed by atoms with Crippen LogP contribution in [0.15, 0.2) is 41.6 Å². The Morgan fingerprint density at radius 3 is 2.42 bits per heavy atom. The molecule has 1 heterocycles. The minimum absolute atomic E-state index is 0.0570. The predicted octanol–water partition coefficient (Wildman–Crippen LogP) is 3.12.